The SMILES string of the molecule is COc1ccc(CCn2c(C)cc(C(=O)CN3CCC(n4cncn4)CC3)c2C)cc1. The molecule has 2 aromatic heterocycles. The van der Waals surface area contributed by atoms with Gasteiger partial charge in [-0.15, -0.1) is 0 Å². The standard InChI is InChI=1S/C24H31N5O2/c1-18-14-23(19(2)28(18)13-8-20-4-6-22(31-3)7-5-20)24(30)15-27-11-9-21(10-12-27)29-17-25-16-26-29/h4-7,14,16-17,21H,8-13,15H2,1-3H3. The van der Waals surface area contributed by atoms with E-state index in [2.05, 4.69) is 45.5 Å². The largest absolute Gasteiger partial charge is 0.497 e. The van der Waals surface area contributed by atoms with Crippen LogP contribution < -0.4 is 4.74 Å². The highest BCUT2D eigenvalue weighted by Gasteiger charge is 2.24. The van der Waals surface area contributed by atoms with Crippen LogP contribution in [0.15, 0.2) is 43.0 Å². The molecule has 4 rings (SSSR count). The van der Waals surface area contributed by atoms with Gasteiger partial charge in [-0.1, -0.05) is 12.1 Å². The minimum Gasteiger partial charge on any atom is -0.497 e. The van der Waals surface area contributed by atoms with Gasteiger partial charge in [0, 0.05) is 36.6 Å². The van der Waals surface area contributed by atoms with Gasteiger partial charge in [-0.05, 0) is 56.9 Å². The molecule has 0 bridgehead atoms. The summed E-state index contributed by atoms with van der Waals surface area (Å²) in [4.78, 5) is 19.4. The second kappa shape index (κ2) is 9.47. The topological polar surface area (TPSA) is 65.2 Å². The predicted octanol–water partition coefficient (Wildman–Crippen LogP) is 3.47. The van der Waals surface area contributed by atoms with Crippen LogP contribution in [0.1, 0.15) is 46.2 Å². The van der Waals surface area contributed by atoms with Crippen molar-refractivity contribution in [3.05, 3.63) is 65.5 Å². The van der Waals surface area contributed by atoms with Crippen LogP contribution in [0.3, 0.4) is 0 Å². The molecule has 164 valence electrons. The average molecular weight is 422 g/mol. The highest BCUT2D eigenvalue weighted by Crippen LogP contribution is 2.23. The summed E-state index contributed by atoms with van der Waals surface area (Å²) in [6.07, 6.45) is 6.28. The lowest BCUT2D eigenvalue weighted by Crippen LogP contribution is -2.38. The van der Waals surface area contributed by atoms with Crippen LogP contribution in [0.25, 0.3) is 0 Å². The van der Waals surface area contributed by atoms with Crippen LogP contribution in [0.5, 0.6) is 5.75 Å². The van der Waals surface area contributed by atoms with Gasteiger partial charge in [0.05, 0.1) is 19.7 Å². The second-order valence-corrected chi connectivity index (χ2v) is 8.34. The number of methoxy groups -OCH3 is 1. The van der Waals surface area contributed by atoms with Crippen molar-refractivity contribution in [2.24, 2.45) is 0 Å². The molecule has 0 saturated carbocycles. The molecular weight excluding hydrogens is 390 g/mol. The Hall–Kier alpha value is -2.93. The first-order valence-electron chi connectivity index (χ1n) is 10.9. The van der Waals surface area contributed by atoms with Crippen molar-refractivity contribution in [1.29, 1.82) is 0 Å². The van der Waals surface area contributed by atoms with Gasteiger partial charge >= 0.3 is 0 Å². The lowest BCUT2D eigenvalue weighted by Gasteiger charge is -2.31. The van der Waals surface area contributed by atoms with E-state index >= 15 is 0 Å². The van der Waals surface area contributed by atoms with Gasteiger partial charge in [-0.25, -0.2) is 9.67 Å². The highest BCUT2D eigenvalue weighted by molar-refractivity contribution is 5.99. The van der Waals surface area contributed by atoms with Crippen molar-refractivity contribution >= 4 is 5.78 Å². The second-order valence-electron chi connectivity index (χ2n) is 8.34. The van der Waals surface area contributed by atoms with Gasteiger partial charge in [0.1, 0.15) is 18.4 Å². The third-order valence-corrected chi connectivity index (χ3v) is 6.39. The molecule has 0 spiro atoms. The molecule has 3 aromatic rings. The average Bonchev–Trinajstić information content (AvgIpc) is 3.42. The molecule has 1 saturated heterocycles. The van der Waals surface area contributed by atoms with E-state index in [1.54, 1.807) is 19.8 Å². The first-order valence-corrected chi connectivity index (χ1v) is 10.9. The number of ether oxygens (including phenoxy) is 1. The molecule has 0 unspecified atom stereocenters. The van der Waals surface area contributed by atoms with E-state index in [4.69, 9.17) is 4.74 Å². The maximum Gasteiger partial charge on any atom is 0.178 e. The zero-order valence-electron chi connectivity index (χ0n) is 18.6. The fraction of sp³-hybridized carbons (Fsp3) is 0.458. The Labute approximate surface area is 183 Å². The van der Waals surface area contributed by atoms with Crippen molar-refractivity contribution in [1.82, 2.24) is 24.2 Å². The first kappa shape index (κ1) is 21.3. The summed E-state index contributed by atoms with van der Waals surface area (Å²) >= 11 is 0. The fourth-order valence-electron chi connectivity index (χ4n) is 4.50. The van der Waals surface area contributed by atoms with E-state index < -0.39 is 0 Å². The molecule has 3 heterocycles. The molecule has 0 aliphatic carbocycles. The summed E-state index contributed by atoms with van der Waals surface area (Å²) in [6.45, 7) is 7.30. The fourth-order valence-corrected chi connectivity index (χ4v) is 4.50. The van der Waals surface area contributed by atoms with Gasteiger partial charge in [0.15, 0.2) is 5.78 Å². The van der Waals surface area contributed by atoms with Gasteiger partial charge in [-0.3, -0.25) is 9.69 Å². The number of hydrogen-bond acceptors (Lipinski definition) is 5. The van der Waals surface area contributed by atoms with Crippen LogP contribution >= 0.6 is 0 Å². The van der Waals surface area contributed by atoms with Crippen LogP contribution in [0.4, 0.5) is 0 Å². The number of ketones is 1. The summed E-state index contributed by atoms with van der Waals surface area (Å²) in [5.41, 5.74) is 4.31. The smallest absolute Gasteiger partial charge is 0.178 e. The minimum atomic E-state index is 0.211. The van der Waals surface area contributed by atoms with Crippen molar-refractivity contribution in [3.8, 4) is 5.75 Å². The van der Waals surface area contributed by atoms with E-state index in [0.717, 1.165) is 61.6 Å². The van der Waals surface area contributed by atoms with E-state index in [1.165, 1.54) is 5.56 Å². The summed E-state index contributed by atoms with van der Waals surface area (Å²) in [7, 11) is 1.68. The van der Waals surface area contributed by atoms with E-state index in [-0.39, 0.29) is 5.78 Å². The zero-order valence-corrected chi connectivity index (χ0v) is 18.6. The van der Waals surface area contributed by atoms with Crippen molar-refractivity contribution in [2.45, 2.75) is 45.7 Å². The lowest BCUT2D eigenvalue weighted by molar-refractivity contribution is 0.0894. The van der Waals surface area contributed by atoms with Crippen LogP contribution in [-0.4, -0.2) is 56.8 Å². The molecule has 31 heavy (non-hydrogen) atoms. The van der Waals surface area contributed by atoms with E-state index in [1.807, 2.05) is 22.9 Å². The Morgan fingerprint density at radius 1 is 1.16 bits per heavy atom. The molecular formula is C24H31N5O2. The lowest BCUT2D eigenvalue weighted by atomic mass is 10.0. The molecule has 0 atom stereocenters. The predicted molar refractivity (Wildman–Crippen MR) is 120 cm³/mol. The number of benzene rings is 1. The molecule has 0 amide bonds. The van der Waals surface area contributed by atoms with Gasteiger partial charge in [0.2, 0.25) is 0 Å². The van der Waals surface area contributed by atoms with Crippen molar-refractivity contribution in [3.63, 3.8) is 0 Å². The normalized spacial score (nSPS) is 15.3. The third-order valence-electron chi connectivity index (χ3n) is 6.39. The number of rotatable bonds is 8. The van der Waals surface area contributed by atoms with Crippen molar-refractivity contribution in [2.75, 3.05) is 26.7 Å². The van der Waals surface area contributed by atoms with Gasteiger partial charge in [-0.2, -0.15) is 5.10 Å². The Balaban J connectivity index is 1.34. The monoisotopic (exact) mass is 421 g/mol. The molecule has 1 aromatic carbocycles. The van der Waals surface area contributed by atoms with Crippen LogP contribution in [0.2, 0.25) is 0 Å². The molecule has 7 heteroatoms. The van der Waals surface area contributed by atoms with Crippen LogP contribution in [0, 0.1) is 13.8 Å². The van der Waals surface area contributed by atoms with Gasteiger partial charge < -0.3 is 9.30 Å². The molecule has 0 radical (unpaired) electrons. The van der Waals surface area contributed by atoms with Crippen molar-refractivity contribution < 1.29 is 9.53 Å². The quantitative estimate of drug-likeness (QED) is 0.521. The van der Waals surface area contributed by atoms with Gasteiger partial charge in [0.25, 0.3) is 0 Å². The number of carbonyl (C=O) groups is 1. The summed E-state index contributed by atoms with van der Waals surface area (Å²) < 4.78 is 9.43. The van der Waals surface area contributed by atoms with Crippen LogP contribution in [-0.2, 0) is 13.0 Å². The van der Waals surface area contributed by atoms with E-state index in [9.17, 15) is 4.79 Å². The molecule has 7 nitrogen and oxygen atoms in total. The number of carbonyl (C=O) groups excluding carboxylic acids is 1. The maximum atomic E-state index is 13.1. The maximum absolute atomic E-state index is 13.1. The molecule has 1 aliphatic heterocycles. The Morgan fingerprint density at radius 3 is 2.55 bits per heavy atom. The number of nitrogens with zero attached hydrogens (tertiary/aromatic N) is 5. The molecule has 1 fully saturated rings. The highest BCUT2D eigenvalue weighted by atomic mass is 16.5. The van der Waals surface area contributed by atoms with E-state index in [0.29, 0.717) is 12.6 Å². The number of likely N-dealkylation sites (tertiary alicyclic amines) is 1. The Kier molecular flexibility index (Phi) is 6.51. The third kappa shape index (κ3) is 4.88. The summed E-state index contributed by atoms with van der Waals surface area (Å²) in [6, 6.07) is 10.6. The number of aryl methyl sites for hydroxylation is 2. The summed E-state index contributed by atoms with van der Waals surface area (Å²) in [5.74, 6) is 1.08. The first-order chi connectivity index (χ1) is 15.0. The minimum absolute atomic E-state index is 0.211. The molecule has 0 N–H and O–H groups in total. The number of piperidine rings is 1. The Morgan fingerprint density at radius 2 is 1.90 bits per heavy atom. The Bertz CT molecular complexity index is 1000. The number of Topliss-reactive ketones (excluding diaryl/α,β-unsaturated/α-hetero) is 1. The summed E-state index contributed by atoms with van der Waals surface area (Å²) in [5, 5.41) is 4.26. The number of hydrogen-bond donors (Lipinski definition) is 0. The zero-order chi connectivity index (χ0) is 21.8. The number of aromatic nitrogens is 4. The molecule has 1 aliphatic rings.